The van der Waals surface area contributed by atoms with Gasteiger partial charge in [0.05, 0.1) is 30.8 Å². The second-order valence-electron chi connectivity index (χ2n) is 3.71. The largest absolute Gasteiger partial charge is 0.496 e. The Labute approximate surface area is 110 Å². The first-order chi connectivity index (χ1) is 8.83. The summed E-state index contributed by atoms with van der Waals surface area (Å²) in [5.41, 5.74) is 1.69. The Morgan fingerprint density at radius 3 is 2.89 bits per heavy atom. The molecular weight excluding hydrogens is 246 g/mol. The molecule has 0 unspecified atom stereocenters. The minimum atomic E-state index is 0.657. The SMILES string of the molecule is COc1ccc(C#N)cc1CSCc1ccco1. The summed E-state index contributed by atoms with van der Waals surface area (Å²) in [6.07, 6.45) is 1.67. The zero-order valence-corrected chi connectivity index (χ0v) is 10.9. The van der Waals surface area contributed by atoms with E-state index >= 15 is 0 Å². The minimum absolute atomic E-state index is 0.657. The molecule has 0 aliphatic carbocycles. The normalized spacial score (nSPS) is 10.0. The molecule has 1 aromatic heterocycles. The van der Waals surface area contributed by atoms with Crippen molar-refractivity contribution in [1.29, 1.82) is 5.26 Å². The zero-order chi connectivity index (χ0) is 12.8. The number of benzene rings is 1. The van der Waals surface area contributed by atoms with E-state index in [1.54, 1.807) is 31.2 Å². The van der Waals surface area contributed by atoms with Gasteiger partial charge in [-0.1, -0.05) is 0 Å². The van der Waals surface area contributed by atoms with Gasteiger partial charge in [0, 0.05) is 11.3 Å². The van der Waals surface area contributed by atoms with Gasteiger partial charge in [-0.3, -0.25) is 0 Å². The number of hydrogen-bond donors (Lipinski definition) is 0. The number of hydrogen-bond acceptors (Lipinski definition) is 4. The number of methoxy groups -OCH3 is 1. The van der Waals surface area contributed by atoms with Crippen LogP contribution in [0.4, 0.5) is 0 Å². The maximum Gasteiger partial charge on any atom is 0.122 e. The van der Waals surface area contributed by atoms with E-state index in [1.807, 2.05) is 24.3 Å². The fraction of sp³-hybridized carbons (Fsp3) is 0.214. The van der Waals surface area contributed by atoms with Crippen molar-refractivity contribution in [3.05, 3.63) is 53.5 Å². The molecule has 0 N–H and O–H groups in total. The van der Waals surface area contributed by atoms with E-state index in [0.29, 0.717) is 5.56 Å². The molecule has 0 saturated heterocycles. The quantitative estimate of drug-likeness (QED) is 0.823. The van der Waals surface area contributed by atoms with Crippen molar-refractivity contribution in [3.8, 4) is 11.8 Å². The lowest BCUT2D eigenvalue weighted by molar-refractivity contribution is 0.411. The highest BCUT2D eigenvalue weighted by molar-refractivity contribution is 7.97. The number of rotatable bonds is 5. The van der Waals surface area contributed by atoms with Crippen LogP contribution in [0.1, 0.15) is 16.9 Å². The Balaban J connectivity index is 2.01. The van der Waals surface area contributed by atoms with Crippen LogP contribution in [0, 0.1) is 11.3 Å². The molecule has 92 valence electrons. The second kappa shape index (κ2) is 6.18. The molecule has 18 heavy (non-hydrogen) atoms. The van der Waals surface area contributed by atoms with Crippen LogP contribution in [0.25, 0.3) is 0 Å². The van der Waals surface area contributed by atoms with Gasteiger partial charge >= 0.3 is 0 Å². The fourth-order valence-electron chi connectivity index (χ4n) is 1.62. The number of nitrogens with zero attached hydrogens (tertiary/aromatic N) is 1. The topological polar surface area (TPSA) is 46.2 Å². The van der Waals surface area contributed by atoms with E-state index in [1.165, 1.54) is 0 Å². The van der Waals surface area contributed by atoms with E-state index in [4.69, 9.17) is 14.4 Å². The number of ether oxygens (including phenoxy) is 1. The standard InChI is InChI=1S/C14H13NO2S/c1-16-14-5-4-11(8-15)7-12(14)9-18-10-13-3-2-6-17-13/h2-7H,9-10H2,1H3. The monoisotopic (exact) mass is 259 g/mol. The molecular formula is C14H13NO2S. The van der Waals surface area contributed by atoms with Gasteiger partial charge in [0.15, 0.2) is 0 Å². The van der Waals surface area contributed by atoms with Crippen molar-refractivity contribution in [3.63, 3.8) is 0 Å². The molecule has 0 saturated carbocycles. The molecule has 3 nitrogen and oxygen atoms in total. The number of nitriles is 1. The van der Waals surface area contributed by atoms with Gasteiger partial charge in [-0.25, -0.2) is 0 Å². The van der Waals surface area contributed by atoms with Gasteiger partial charge in [-0.2, -0.15) is 5.26 Å². The molecule has 0 bridgehead atoms. The second-order valence-corrected chi connectivity index (χ2v) is 4.70. The molecule has 0 amide bonds. The Morgan fingerprint density at radius 1 is 1.33 bits per heavy atom. The molecule has 2 rings (SSSR count). The van der Waals surface area contributed by atoms with Crippen LogP contribution in [0.15, 0.2) is 41.0 Å². The molecule has 0 atom stereocenters. The zero-order valence-electron chi connectivity index (χ0n) is 10.1. The predicted molar refractivity (Wildman–Crippen MR) is 71.4 cm³/mol. The lowest BCUT2D eigenvalue weighted by Gasteiger charge is -2.08. The van der Waals surface area contributed by atoms with E-state index in [9.17, 15) is 0 Å². The first-order valence-corrected chi connectivity index (χ1v) is 6.66. The van der Waals surface area contributed by atoms with Gasteiger partial charge in [-0.05, 0) is 30.3 Å². The van der Waals surface area contributed by atoms with Crippen molar-refractivity contribution in [2.24, 2.45) is 0 Å². The summed E-state index contributed by atoms with van der Waals surface area (Å²) in [6, 6.07) is 11.4. The van der Waals surface area contributed by atoms with Crippen LogP contribution in [-0.2, 0) is 11.5 Å². The summed E-state index contributed by atoms with van der Waals surface area (Å²) >= 11 is 1.73. The summed E-state index contributed by atoms with van der Waals surface area (Å²) in [5, 5.41) is 8.89. The third-order valence-electron chi connectivity index (χ3n) is 2.49. The summed E-state index contributed by atoms with van der Waals surface area (Å²) in [6.45, 7) is 0. The molecule has 0 aliphatic rings. The third kappa shape index (κ3) is 3.08. The van der Waals surface area contributed by atoms with Crippen LogP contribution >= 0.6 is 11.8 Å². The summed E-state index contributed by atoms with van der Waals surface area (Å²) in [4.78, 5) is 0. The van der Waals surface area contributed by atoms with E-state index in [-0.39, 0.29) is 0 Å². The Hall–Kier alpha value is -1.86. The highest BCUT2D eigenvalue weighted by Gasteiger charge is 2.05. The molecule has 0 spiro atoms. The van der Waals surface area contributed by atoms with E-state index in [0.717, 1.165) is 28.6 Å². The van der Waals surface area contributed by atoms with Crippen molar-refractivity contribution >= 4 is 11.8 Å². The molecule has 0 radical (unpaired) electrons. The first-order valence-electron chi connectivity index (χ1n) is 5.50. The maximum absolute atomic E-state index is 8.89. The maximum atomic E-state index is 8.89. The highest BCUT2D eigenvalue weighted by atomic mass is 32.2. The van der Waals surface area contributed by atoms with Crippen molar-refractivity contribution in [1.82, 2.24) is 0 Å². The molecule has 1 heterocycles. The van der Waals surface area contributed by atoms with Gasteiger partial charge in [0.1, 0.15) is 11.5 Å². The van der Waals surface area contributed by atoms with E-state index in [2.05, 4.69) is 6.07 Å². The summed E-state index contributed by atoms with van der Waals surface area (Å²) < 4.78 is 10.6. The number of furan rings is 1. The van der Waals surface area contributed by atoms with Gasteiger partial charge in [-0.15, -0.1) is 11.8 Å². The first kappa shape index (κ1) is 12.6. The van der Waals surface area contributed by atoms with Crippen molar-refractivity contribution in [2.45, 2.75) is 11.5 Å². The third-order valence-corrected chi connectivity index (χ3v) is 3.50. The van der Waals surface area contributed by atoms with Crippen LogP contribution in [-0.4, -0.2) is 7.11 Å². The average molecular weight is 259 g/mol. The van der Waals surface area contributed by atoms with Crippen LogP contribution in [0.3, 0.4) is 0 Å². The fourth-order valence-corrected chi connectivity index (χ4v) is 2.53. The van der Waals surface area contributed by atoms with Crippen molar-refractivity contribution < 1.29 is 9.15 Å². The molecule has 2 aromatic rings. The van der Waals surface area contributed by atoms with Gasteiger partial charge in [0.25, 0.3) is 0 Å². The highest BCUT2D eigenvalue weighted by Crippen LogP contribution is 2.26. The summed E-state index contributed by atoms with van der Waals surface area (Å²) in [7, 11) is 1.64. The Kier molecular flexibility index (Phi) is 4.32. The lowest BCUT2D eigenvalue weighted by Crippen LogP contribution is -1.92. The molecule has 0 fully saturated rings. The van der Waals surface area contributed by atoms with Crippen LogP contribution in [0.2, 0.25) is 0 Å². The van der Waals surface area contributed by atoms with Crippen LogP contribution in [0.5, 0.6) is 5.75 Å². The van der Waals surface area contributed by atoms with Gasteiger partial charge in [0.2, 0.25) is 0 Å². The Bertz CT molecular complexity index is 543. The van der Waals surface area contributed by atoms with Crippen molar-refractivity contribution in [2.75, 3.05) is 7.11 Å². The molecule has 0 aliphatic heterocycles. The minimum Gasteiger partial charge on any atom is -0.496 e. The summed E-state index contributed by atoms with van der Waals surface area (Å²) in [5.74, 6) is 3.38. The smallest absolute Gasteiger partial charge is 0.122 e. The molecule has 1 aromatic carbocycles. The van der Waals surface area contributed by atoms with Gasteiger partial charge < -0.3 is 9.15 Å². The molecule has 4 heteroatoms. The lowest BCUT2D eigenvalue weighted by atomic mass is 10.1. The predicted octanol–water partition coefficient (Wildman–Crippen LogP) is 3.59. The van der Waals surface area contributed by atoms with Crippen LogP contribution < -0.4 is 4.74 Å². The average Bonchev–Trinajstić information content (AvgIpc) is 2.92. The number of thioether (sulfide) groups is 1. The Morgan fingerprint density at radius 2 is 2.22 bits per heavy atom. The van der Waals surface area contributed by atoms with E-state index < -0.39 is 0 Å².